The summed E-state index contributed by atoms with van der Waals surface area (Å²) in [7, 11) is -0.951. The smallest absolute Gasteiger partial charge is 0.408 e. The van der Waals surface area contributed by atoms with E-state index in [1.54, 1.807) is 11.8 Å². The number of hydrogen-bond acceptors (Lipinski definition) is 8. The third-order valence-electron chi connectivity index (χ3n) is 8.96. The van der Waals surface area contributed by atoms with E-state index in [0.717, 1.165) is 29.7 Å². The van der Waals surface area contributed by atoms with Gasteiger partial charge in [-0.15, -0.1) is 11.8 Å². The van der Waals surface area contributed by atoms with Crippen molar-refractivity contribution in [1.82, 2.24) is 10.2 Å². The van der Waals surface area contributed by atoms with Gasteiger partial charge in [-0.3, -0.25) is 9.69 Å². The molecule has 0 radical (unpaired) electrons. The second-order valence-electron chi connectivity index (χ2n) is 12.5. The number of aliphatic hydroxyl groups excluding tert-OH is 4. The highest BCUT2D eigenvalue weighted by Crippen LogP contribution is 2.41. The maximum Gasteiger partial charge on any atom is 0.408 e. The Morgan fingerprint density at radius 1 is 1.17 bits per heavy atom. The first-order chi connectivity index (χ1) is 20.0. The number of benzene rings is 1. The number of likely N-dealkylation sites (tertiary alicyclic amines) is 1. The Kier molecular flexibility index (Phi) is 11.9. The number of ether oxygens (including phenoxy) is 1. The van der Waals surface area contributed by atoms with Crippen LogP contribution in [-0.4, -0.2) is 115 Å². The van der Waals surface area contributed by atoms with Gasteiger partial charge in [-0.25, -0.2) is 15.7 Å². The van der Waals surface area contributed by atoms with Crippen molar-refractivity contribution in [3.05, 3.63) is 29.8 Å². The van der Waals surface area contributed by atoms with Crippen LogP contribution in [0.3, 0.4) is 0 Å². The topological polar surface area (TPSA) is 160 Å². The molecule has 0 saturated carbocycles. The number of thioether (sulfide) groups is 1. The third-order valence-corrected chi connectivity index (χ3v) is 12.6. The summed E-state index contributed by atoms with van der Waals surface area (Å²) in [5.41, 5.74) is 0.813. The molecule has 0 bridgehead atoms. The third kappa shape index (κ3) is 7.94. The number of nitrogens with one attached hydrogen (secondary N) is 1. The normalized spacial score (nSPS) is 35.0. The van der Waals surface area contributed by atoms with Gasteiger partial charge in [0.1, 0.15) is 12.1 Å². The van der Waals surface area contributed by atoms with Gasteiger partial charge in [-0.2, -0.15) is 0 Å². The molecule has 0 aromatic heterocycles. The minimum absolute atomic E-state index is 0.0364. The Morgan fingerprint density at radius 3 is 2.52 bits per heavy atom. The molecule has 0 aliphatic carbocycles. The highest BCUT2D eigenvalue weighted by atomic mass is 32.2. The first kappa shape index (κ1) is 33.4. The fourth-order valence-electron chi connectivity index (χ4n) is 6.98. The number of hydrogen-bond donors (Lipinski definition) is 7. The van der Waals surface area contributed by atoms with Crippen molar-refractivity contribution in [2.24, 2.45) is 17.8 Å². The van der Waals surface area contributed by atoms with Crippen LogP contribution in [0.4, 0.5) is 4.79 Å². The van der Waals surface area contributed by atoms with Gasteiger partial charge < -0.3 is 35.6 Å². The van der Waals surface area contributed by atoms with E-state index in [4.69, 9.17) is 4.74 Å². The van der Waals surface area contributed by atoms with E-state index in [0.29, 0.717) is 36.4 Å². The molecule has 10 atom stereocenters. The average Bonchev–Trinajstić information content (AvgIpc) is 3.18. The Labute approximate surface area is 255 Å². The fraction of sp³-hybridized carbons (Fsp3) is 0.733. The van der Waals surface area contributed by atoms with Gasteiger partial charge in [0.15, 0.2) is 0 Å². The zero-order valence-electron chi connectivity index (χ0n) is 24.7. The van der Waals surface area contributed by atoms with Gasteiger partial charge in [0.05, 0.1) is 24.9 Å². The van der Waals surface area contributed by atoms with E-state index in [1.165, 1.54) is 4.90 Å². The first-order valence-corrected chi connectivity index (χ1v) is 18.0. The Balaban J connectivity index is 1.53. The van der Waals surface area contributed by atoms with Crippen LogP contribution in [0.2, 0.25) is 0 Å². The Hall–Kier alpha value is -1.54. The SMILES string of the molecule is CC(C)C[C@@H]1CCO[C@@H]2[C@@H](C1)CN(C(=O)O)[C@@H]2C(=O)N[C@@H](CCSc1ccc(CO)cc1)[C@@H]1[C@H](O)[C@@H](O)[C@@H](O)C[SH]1C. The highest BCUT2D eigenvalue weighted by Gasteiger charge is 2.51. The molecular formula is C30H48N2O8S2. The van der Waals surface area contributed by atoms with Crippen molar-refractivity contribution in [3.8, 4) is 0 Å². The number of fused-ring (bicyclic) bond motifs is 1. The lowest BCUT2D eigenvalue weighted by Crippen LogP contribution is -2.61. The van der Waals surface area contributed by atoms with Crippen molar-refractivity contribution < 1.29 is 39.9 Å². The van der Waals surface area contributed by atoms with Gasteiger partial charge in [0.25, 0.3) is 0 Å². The minimum Gasteiger partial charge on any atom is -0.465 e. The van der Waals surface area contributed by atoms with E-state index >= 15 is 0 Å². The molecule has 3 aliphatic heterocycles. The number of thiol groups is 1. The molecule has 1 unspecified atom stereocenters. The molecule has 42 heavy (non-hydrogen) atoms. The maximum atomic E-state index is 14.0. The fourth-order valence-corrected chi connectivity index (χ4v) is 10.5. The highest BCUT2D eigenvalue weighted by molar-refractivity contribution is 8.17. The standard InChI is InChI=1S/C30H48N2O8S2/c1-17(2)12-19-8-10-40-27-20(13-19)14-32(30(38)39)24(27)29(37)31-22(28-26(36)25(35)23(34)16-42(28)3)9-11-41-21-6-4-18(15-33)5-7-21/h4-7,17,19-20,22-28,33-36,42H,8-16H2,1-3H3,(H,31,37)(H,38,39)/t19-,20-,22-,23-,24-,25-,26+,27+,28+/m0/s1. The molecule has 3 aliphatic rings. The molecular weight excluding hydrogens is 580 g/mol. The van der Waals surface area contributed by atoms with Crippen molar-refractivity contribution in [1.29, 1.82) is 0 Å². The van der Waals surface area contributed by atoms with Gasteiger partial charge in [0, 0.05) is 41.0 Å². The molecule has 12 heteroatoms. The van der Waals surface area contributed by atoms with E-state index in [1.807, 2.05) is 30.5 Å². The lowest BCUT2D eigenvalue weighted by atomic mass is 9.85. The Bertz CT molecular complexity index is 1050. The summed E-state index contributed by atoms with van der Waals surface area (Å²) in [6.07, 6.45) is -0.0889. The number of aliphatic hydroxyl groups is 4. The van der Waals surface area contributed by atoms with Gasteiger partial charge >= 0.3 is 6.09 Å². The molecule has 2 amide bonds. The second-order valence-corrected chi connectivity index (χ2v) is 16.2. The predicted octanol–water partition coefficient (Wildman–Crippen LogP) is 2.06. The number of carbonyl (C=O) groups is 2. The number of carbonyl (C=O) groups excluding carboxylic acids is 1. The van der Waals surface area contributed by atoms with Gasteiger partial charge in [0.2, 0.25) is 5.91 Å². The summed E-state index contributed by atoms with van der Waals surface area (Å²) < 4.78 is 6.21. The van der Waals surface area contributed by atoms with Crippen molar-refractivity contribution >= 4 is 34.7 Å². The average molecular weight is 629 g/mol. The number of nitrogens with zero attached hydrogens (tertiary/aromatic N) is 1. The van der Waals surface area contributed by atoms with Crippen LogP contribution in [0.1, 0.15) is 45.1 Å². The Morgan fingerprint density at radius 2 is 1.88 bits per heavy atom. The van der Waals surface area contributed by atoms with Gasteiger partial charge in [-0.1, -0.05) is 26.0 Å². The monoisotopic (exact) mass is 628 g/mol. The van der Waals surface area contributed by atoms with E-state index in [9.17, 15) is 35.1 Å². The lowest BCUT2D eigenvalue weighted by Gasteiger charge is -2.46. The summed E-state index contributed by atoms with van der Waals surface area (Å²) >= 11 is 1.58. The largest absolute Gasteiger partial charge is 0.465 e. The molecule has 1 aromatic carbocycles. The number of rotatable bonds is 10. The molecule has 3 saturated heterocycles. The van der Waals surface area contributed by atoms with Crippen LogP contribution in [0.15, 0.2) is 29.2 Å². The van der Waals surface area contributed by atoms with Crippen LogP contribution in [0.5, 0.6) is 0 Å². The summed E-state index contributed by atoms with van der Waals surface area (Å²) in [5, 5.41) is 53.9. The van der Waals surface area contributed by atoms with Gasteiger partial charge in [-0.05, 0) is 67.2 Å². The zero-order chi connectivity index (χ0) is 30.6. The maximum absolute atomic E-state index is 14.0. The van der Waals surface area contributed by atoms with Crippen molar-refractivity contribution in [2.45, 2.75) is 92.8 Å². The van der Waals surface area contributed by atoms with Crippen LogP contribution in [-0.2, 0) is 16.1 Å². The molecule has 3 fully saturated rings. The predicted molar refractivity (Wildman–Crippen MR) is 165 cm³/mol. The molecule has 6 N–H and O–H groups in total. The van der Waals surface area contributed by atoms with Crippen LogP contribution in [0, 0.1) is 17.8 Å². The first-order valence-electron chi connectivity index (χ1n) is 15.0. The summed E-state index contributed by atoms with van der Waals surface area (Å²) in [6.45, 7) is 5.05. The summed E-state index contributed by atoms with van der Waals surface area (Å²) in [5.74, 6) is 1.37. The summed E-state index contributed by atoms with van der Waals surface area (Å²) in [4.78, 5) is 28.5. The number of amides is 2. The number of carboxylic acid groups (broad SMARTS) is 1. The summed E-state index contributed by atoms with van der Waals surface area (Å²) in [6, 6.07) is 6.02. The lowest BCUT2D eigenvalue weighted by molar-refractivity contribution is -0.130. The minimum atomic E-state index is -1.32. The van der Waals surface area contributed by atoms with Crippen LogP contribution in [0.25, 0.3) is 0 Å². The molecule has 0 spiro atoms. The van der Waals surface area contributed by atoms with Crippen molar-refractivity contribution in [3.63, 3.8) is 0 Å². The van der Waals surface area contributed by atoms with Crippen LogP contribution >= 0.6 is 22.7 Å². The molecule has 3 heterocycles. The molecule has 4 rings (SSSR count). The van der Waals surface area contributed by atoms with Crippen LogP contribution < -0.4 is 5.32 Å². The van der Waals surface area contributed by atoms with E-state index in [2.05, 4.69) is 19.2 Å². The molecule has 1 aromatic rings. The van der Waals surface area contributed by atoms with E-state index in [-0.39, 0.29) is 19.1 Å². The molecule has 238 valence electrons. The molecule has 10 nitrogen and oxygen atoms in total. The quantitative estimate of drug-likeness (QED) is 0.152. The van der Waals surface area contributed by atoms with Crippen molar-refractivity contribution in [2.75, 3.05) is 30.9 Å². The van der Waals surface area contributed by atoms with E-state index < -0.39 is 64.6 Å². The second kappa shape index (κ2) is 15.0. The zero-order valence-corrected chi connectivity index (χ0v) is 26.4.